The zero-order chi connectivity index (χ0) is 16.1. The van der Waals surface area contributed by atoms with Crippen LogP contribution in [0.15, 0.2) is 49.8 Å². The van der Waals surface area contributed by atoms with Crippen molar-refractivity contribution in [1.29, 1.82) is 0 Å². The molecule has 0 amide bonds. The van der Waals surface area contributed by atoms with Crippen LogP contribution in [0, 0.1) is 0 Å². The number of hydrogen-bond donors (Lipinski definition) is 0. The summed E-state index contributed by atoms with van der Waals surface area (Å²) in [5.41, 5.74) is 2.28. The van der Waals surface area contributed by atoms with Gasteiger partial charge in [-0.25, -0.2) is 0 Å². The molecule has 0 radical (unpaired) electrons. The first kappa shape index (κ1) is 15.9. The van der Waals surface area contributed by atoms with Gasteiger partial charge in [0, 0.05) is 0 Å². The summed E-state index contributed by atoms with van der Waals surface area (Å²) < 4.78 is 6.55. The molecule has 2 heterocycles. The molecule has 7 heteroatoms. The summed E-state index contributed by atoms with van der Waals surface area (Å²) in [4.78, 5) is 6.11. The van der Waals surface area contributed by atoms with Crippen LogP contribution in [0.2, 0.25) is 0 Å². The Balaban J connectivity index is 1.54. The molecule has 0 atom stereocenters. The molecule has 0 bridgehead atoms. The van der Waals surface area contributed by atoms with Gasteiger partial charge in [0.25, 0.3) is 11.8 Å². The number of thiophene rings is 1. The van der Waals surface area contributed by atoms with Gasteiger partial charge < -0.3 is 9.25 Å². The Labute approximate surface area is 146 Å². The highest BCUT2D eigenvalue weighted by Gasteiger charge is 2.10. The minimum Gasteiger partial charge on any atom is -0.416 e. The average molecular weight is 392 g/mol. The van der Waals surface area contributed by atoms with Gasteiger partial charge in [0.2, 0.25) is 0 Å². The maximum absolute atomic E-state index is 5.53. The van der Waals surface area contributed by atoms with Crippen LogP contribution in [0.5, 0.6) is 0 Å². The average Bonchev–Trinajstić information content (AvgIpc) is 3.21. The molecule has 0 saturated heterocycles. The van der Waals surface area contributed by atoms with E-state index in [1.54, 1.807) is 6.21 Å². The molecule has 0 aliphatic rings. The summed E-state index contributed by atoms with van der Waals surface area (Å²) in [5.74, 6) is 0.876. The molecule has 0 spiro atoms. The van der Waals surface area contributed by atoms with E-state index in [-0.39, 0.29) is 6.61 Å². The molecule has 0 saturated carbocycles. The van der Waals surface area contributed by atoms with Crippen molar-refractivity contribution in [3.8, 4) is 10.8 Å². The van der Waals surface area contributed by atoms with Crippen LogP contribution in [0.4, 0.5) is 0 Å². The SMILES string of the molecule is CCc1ccc(/C=N\OCc2nnc(-c3ccc(Br)s3)o2)cc1. The predicted octanol–water partition coefficient (Wildman–Crippen LogP) is 4.67. The van der Waals surface area contributed by atoms with Gasteiger partial charge in [-0.1, -0.05) is 36.3 Å². The normalized spacial score (nSPS) is 11.2. The largest absolute Gasteiger partial charge is 0.416 e. The molecule has 2 aromatic heterocycles. The van der Waals surface area contributed by atoms with E-state index in [9.17, 15) is 0 Å². The summed E-state index contributed by atoms with van der Waals surface area (Å²) in [6.07, 6.45) is 2.68. The number of oxime groups is 1. The third-order valence-electron chi connectivity index (χ3n) is 3.10. The van der Waals surface area contributed by atoms with Crippen molar-refractivity contribution in [2.45, 2.75) is 20.0 Å². The summed E-state index contributed by atoms with van der Waals surface area (Å²) in [6, 6.07) is 12.0. The van der Waals surface area contributed by atoms with Gasteiger partial charge in [-0.2, -0.15) is 0 Å². The zero-order valence-electron chi connectivity index (χ0n) is 12.4. The smallest absolute Gasteiger partial charge is 0.257 e. The number of halogens is 1. The van der Waals surface area contributed by atoms with Crippen LogP contribution in [0.3, 0.4) is 0 Å². The second-order valence-corrected chi connectivity index (χ2v) is 7.17. The number of aromatic nitrogens is 2. The van der Waals surface area contributed by atoms with Gasteiger partial charge in [0.15, 0.2) is 6.61 Å². The van der Waals surface area contributed by atoms with Gasteiger partial charge in [-0.15, -0.1) is 21.5 Å². The van der Waals surface area contributed by atoms with Crippen LogP contribution in [-0.4, -0.2) is 16.4 Å². The molecule has 0 fully saturated rings. The van der Waals surface area contributed by atoms with Crippen molar-refractivity contribution >= 4 is 33.5 Å². The van der Waals surface area contributed by atoms with Crippen LogP contribution in [0.1, 0.15) is 23.9 Å². The number of benzene rings is 1. The van der Waals surface area contributed by atoms with Crippen LogP contribution in [0.25, 0.3) is 10.8 Å². The number of rotatable bonds is 6. The Morgan fingerprint density at radius 3 is 2.74 bits per heavy atom. The Bertz CT molecular complexity index is 796. The van der Waals surface area contributed by atoms with E-state index in [1.807, 2.05) is 24.3 Å². The maximum atomic E-state index is 5.53. The molecule has 0 aliphatic heterocycles. The van der Waals surface area contributed by atoms with E-state index >= 15 is 0 Å². The summed E-state index contributed by atoms with van der Waals surface area (Å²) in [5, 5.41) is 11.9. The molecule has 118 valence electrons. The van der Waals surface area contributed by atoms with E-state index < -0.39 is 0 Å². The molecule has 0 unspecified atom stereocenters. The lowest BCUT2D eigenvalue weighted by Crippen LogP contribution is -1.89. The van der Waals surface area contributed by atoms with E-state index in [1.165, 1.54) is 16.9 Å². The molecule has 5 nitrogen and oxygen atoms in total. The molecular formula is C16H14BrN3O2S. The van der Waals surface area contributed by atoms with Crippen molar-refractivity contribution in [1.82, 2.24) is 10.2 Å². The molecule has 1 aromatic carbocycles. The second-order valence-electron chi connectivity index (χ2n) is 4.71. The monoisotopic (exact) mass is 391 g/mol. The first-order valence-electron chi connectivity index (χ1n) is 7.07. The lowest BCUT2D eigenvalue weighted by atomic mass is 10.1. The Hall–Kier alpha value is -1.99. The molecule has 0 N–H and O–H groups in total. The fourth-order valence-electron chi connectivity index (χ4n) is 1.87. The Morgan fingerprint density at radius 2 is 2.04 bits per heavy atom. The second kappa shape index (κ2) is 7.52. The van der Waals surface area contributed by atoms with E-state index in [2.05, 4.69) is 50.3 Å². The number of aryl methyl sites for hydroxylation is 1. The first-order valence-corrected chi connectivity index (χ1v) is 8.68. The van der Waals surface area contributed by atoms with Gasteiger partial charge in [0.05, 0.1) is 14.9 Å². The molecular weight excluding hydrogens is 378 g/mol. The minimum absolute atomic E-state index is 0.142. The summed E-state index contributed by atoms with van der Waals surface area (Å²) in [6.45, 7) is 2.27. The molecule has 3 rings (SSSR count). The highest BCUT2D eigenvalue weighted by Crippen LogP contribution is 2.30. The fraction of sp³-hybridized carbons (Fsp3) is 0.188. The molecule has 3 aromatic rings. The topological polar surface area (TPSA) is 60.5 Å². The fourth-order valence-corrected chi connectivity index (χ4v) is 3.18. The van der Waals surface area contributed by atoms with E-state index in [0.717, 1.165) is 20.6 Å². The quantitative estimate of drug-likeness (QED) is 0.452. The molecule has 23 heavy (non-hydrogen) atoms. The zero-order valence-corrected chi connectivity index (χ0v) is 14.8. The third kappa shape index (κ3) is 4.27. The van der Waals surface area contributed by atoms with E-state index in [4.69, 9.17) is 9.25 Å². The van der Waals surface area contributed by atoms with Crippen molar-refractivity contribution < 1.29 is 9.25 Å². The standard InChI is InChI=1S/C16H14BrN3O2S/c1-2-11-3-5-12(6-4-11)9-18-21-10-15-19-20-16(22-15)13-7-8-14(17)23-13/h3-9H,2,10H2,1H3/b18-9-. The summed E-state index contributed by atoms with van der Waals surface area (Å²) >= 11 is 4.94. The predicted molar refractivity (Wildman–Crippen MR) is 93.5 cm³/mol. The van der Waals surface area contributed by atoms with Gasteiger partial charge in [0.1, 0.15) is 0 Å². The highest BCUT2D eigenvalue weighted by atomic mass is 79.9. The maximum Gasteiger partial charge on any atom is 0.257 e. The van der Waals surface area contributed by atoms with Gasteiger partial charge in [-0.05, 0) is 45.6 Å². The van der Waals surface area contributed by atoms with Crippen molar-refractivity contribution in [2.75, 3.05) is 0 Å². The minimum atomic E-state index is 0.142. The van der Waals surface area contributed by atoms with Crippen LogP contribution < -0.4 is 0 Å². The van der Waals surface area contributed by atoms with Crippen LogP contribution >= 0.6 is 27.3 Å². The van der Waals surface area contributed by atoms with E-state index in [0.29, 0.717) is 11.8 Å². The Morgan fingerprint density at radius 1 is 1.22 bits per heavy atom. The molecule has 0 aliphatic carbocycles. The number of hydrogen-bond acceptors (Lipinski definition) is 6. The summed E-state index contributed by atoms with van der Waals surface area (Å²) in [7, 11) is 0. The Kier molecular flexibility index (Phi) is 5.19. The lowest BCUT2D eigenvalue weighted by molar-refractivity contribution is 0.112. The number of nitrogens with zero attached hydrogens (tertiary/aromatic N) is 3. The van der Waals surface area contributed by atoms with Crippen molar-refractivity contribution in [3.05, 3.63) is 57.2 Å². The lowest BCUT2D eigenvalue weighted by Gasteiger charge is -1.97. The van der Waals surface area contributed by atoms with Crippen LogP contribution in [-0.2, 0) is 17.9 Å². The third-order valence-corrected chi connectivity index (χ3v) is 4.71. The van der Waals surface area contributed by atoms with Crippen molar-refractivity contribution in [2.24, 2.45) is 5.16 Å². The first-order chi connectivity index (χ1) is 11.2. The van der Waals surface area contributed by atoms with Crippen molar-refractivity contribution in [3.63, 3.8) is 0 Å². The van der Waals surface area contributed by atoms with Gasteiger partial charge >= 0.3 is 0 Å². The highest BCUT2D eigenvalue weighted by molar-refractivity contribution is 9.11. The van der Waals surface area contributed by atoms with Gasteiger partial charge in [-0.3, -0.25) is 0 Å².